The molecular weight excluding hydrogens is 267 g/mol. The van der Waals surface area contributed by atoms with Gasteiger partial charge in [0.25, 0.3) is 0 Å². The van der Waals surface area contributed by atoms with Gasteiger partial charge in [-0.15, -0.1) is 0 Å². The van der Waals surface area contributed by atoms with Crippen molar-refractivity contribution >= 4 is 0 Å². The average Bonchev–Trinajstić information content (AvgIpc) is 2.37. The van der Waals surface area contributed by atoms with Gasteiger partial charge in [-0.05, 0) is 31.7 Å². The minimum absolute atomic E-state index is 0.291. The molecule has 2 rings (SSSR count). The van der Waals surface area contributed by atoms with Gasteiger partial charge < -0.3 is 5.73 Å². The molecule has 0 aliphatic rings. The first kappa shape index (κ1) is 14.5. The Morgan fingerprint density at radius 2 is 1.90 bits per heavy atom. The summed E-state index contributed by atoms with van der Waals surface area (Å²) in [6, 6.07) is 6.79. The van der Waals surface area contributed by atoms with Crippen molar-refractivity contribution in [3.8, 4) is 11.4 Å². The van der Waals surface area contributed by atoms with Crippen LogP contribution in [0.4, 0.5) is 13.2 Å². The van der Waals surface area contributed by atoms with E-state index in [1.54, 1.807) is 19.1 Å². The number of rotatable bonds is 3. The van der Waals surface area contributed by atoms with E-state index in [9.17, 15) is 13.2 Å². The minimum Gasteiger partial charge on any atom is -0.330 e. The molecule has 0 aliphatic heterocycles. The van der Waals surface area contributed by atoms with Gasteiger partial charge in [-0.3, -0.25) is 0 Å². The molecule has 0 radical (unpaired) electrons. The highest BCUT2D eigenvalue weighted by Gasteiger charge is 2.30. The molecular formula is C14H14F3N3. The maximum Gasteiger partial charge on any atom is 0.416 e. The summed E-state index contributed by atoms with van der Waals surface area (Å²) in [6.45, 7) is 2.21. The van der Waals surface area contributed by atoms with E-state index in [0.29, 0.717) is 30.0 Å². The van der Waals surface area contributed by atoms with Crippen LogP contribution in [0.5, 0.6) is 0 Å². The number of aromatic nitrogens is 2. The lowest BCUT2D eigenvalue weighted by atomic mass is 10.1. The quantitative estimate of drug-likeness (QED) is 0.941. The van der Waals surface area contributed by atoms with Crippen LogP contribution < -0.4 is 5.73 Å². The minimum atomic E-state index is -4.38. The molecule has 0 aliphatic carbocycles. The second-order valence-electron chi connectivity index (χ2n) is 4.44. The van der Waals surface area contributed by atoms with Gasteiger partial charge in [-0.1, -0.05) is 12.1 Å². The number of aryl methyl sites for hydroxylation is 1. The van der Waals surface area contributed by atoms with Gasteiger partial charge in [-0.25, -0.2) is 9.97 Å². The standard InChI is InChI=1S/C14H14F3N3/c1-9-7-12(5-6-18)20-13(19-9)10-3-2-4-11(8-10)14(15,16)17/h2-4,7-8H,5-6,18H2,1H3. The molecule has 3 nitrogen and oxygen atoms in total. The van der Waals surface area contributed by atoms with E-state index in [0.717, 1.165) is 17.8 Å². The molecule has 6 heteroatoms. The first-order valence-corrected chi connectivity index (χ1v) is 6.12. The van der Waals surface area contributed by atoms with Crippen molar-refractivity contribution < 1.29 is 13.2 Å². The smallest absolute Gasteiger partial charge is 0.330 e. The summed E-state index contributed by atoms with van der Waals surface area (Å²) >= 11 is 0. The third-order valence-electron chi connectivity index (χ3n) is 2.76. The second kappa shape index (κ2) is 5.58. The molecule has 0 atom stereocenters. The summed E-state index contributed by atoms with van der Waals surface area (Å²) < 4.78 is 38.1. The highest BCUT2D eigenvalue weighted by molar-refractivity contribution is 5.56. The van der Waals surface area contributed by atoms with Gasteiger partial charge in [0.1, 0.15) is 0 Å². The van der Waals surface area contributed by atoms with Crippen LogP contribution in [0, 0.1) is 6.92 Å². The topological polar surface area (TPSA) is 51.8 Å². The van der Waals surface area contributed by atoms with Gasteiger partial charge >= 0.3 is 6.18 Å². The average molecular weight is 281 g/mol. The summed E-state index contributed by atoms with van der Waals surface area (Å²) in [7, 11) is 0. The molecule has 0 bridgehead atoms. The van der Waals surface area contributed by atoms with Gasteiger partial charge in [0.2, 0.25) is 0 Å². The molecule has 0 unspecified atom stereocenters. The SMILES string of the molecule is Cc1cc(CCN)nc(-c2cccc(C(F)(F)F)c2)n1. The number of alkyl halides is 3. The molecule has 2 N–H and O–H groups in total. The number of nitrogens with two attached hydrogens (primary N) is 1. The highest BCUT2D eigenvalue weighted by Crippen LogP contribution is 2.31. The van der Waals surface area contributed by atoms with E-state index in [1.165, 1.54) is 6.07 Å². The normalized spacial score (nSPS) is 11.7. The third-order valence-corrected chi connectivity index (χ3v) is 2.76. The fourth-order valence-corrected chi connectivity index (χ4v) is 1.87. The van der Waals surface area contributed by atoms with Crippen LogP contribution in [0.25, 0.3) is 11.4 Å². The van der Waals surface area contributed by atoms with E-state index in [4.69, 9.17) is 5.73 Å². The predicted molar refractivity (Wildman–Crippen MR) is 70.0 cm³/mol. The zero-order chi connectivity index (χ0) is 14.8. The molecule has 106 valence electrons. The summed E-state index contributed by atoms with van der Waals surface area (Å²) in [5.41, 5.74) is 6.55. The van der Waals surface area contributed by atoms with Gasteiger partial charge in [0.15, 0.2) is 5.82 Å². The maximum absolute atomic E-state index is 12.7. The Hall–Kier alpha value is -1.95. The lowest BCUT2D eigenvalue weighted by molar-refractivity contribution is -0.137. The second-order valence-corrected chi connectivity index (χ2v) is 4.44. The van der Waals surface area contributed by atoms with Crippen LogP contribution in [0.1, 0.15) is 17.0 Å². The van der Waals surface area contributed by atoms with E-state index < -0.39 is 11.7 Å². The van der Waals surface area contributed by atoms with Crippen molar-refractivity contribution in [2.24, 2.45) is 5.73 Å². The zero-order valence-corrected chi connectivity index (χ0v) is 10.9. The number of halogens is 3. The van der Waals surface area contributed by atoms with Crippen molar-refractivity contribution in [1.82, 2.24) is 9.97 Å². The first-order valence-electron chi connectivity index (χ1n) is 6.12. The highest BCUT2D eigenvalue weighted by atomic mass is 19.4. The summed E-state index contributed by atoms with van der Waals surface area (Å²) in [4.78, 5) is 8.45. The van der Waals surface area contributed by atoms with E-state index in [1.807, 2.05) is 0 Å². The molecule has 0 saturated carbocycles. The van der Waals surface area contributed by atoms with Crippen LogP contribution in [0.15, 0.2) is 30.3 Å². The van der Waals surface area contributed by atoms with Crippen LogP contribution in [-0.4, -0.2) is 16.5 Å². The van der Waals surface area contributed by atoms with Gasteiger partial charge in [0.05, 0.1) is 5.56 Å². The van der Waals surface area contributed by atoms with Gasteiger partial charge in [0, 0.05) is 23.4 Å². The summed E-state index contributed by atoms with van der Waals surface area (Å²) in [6.07, 6.45) is -3.81. The molecule has 2 aromatic rings. The first-order chi connectivity index (χ1) is 9.40. The van der Waals surface area contributed by atoms with Crippen LogP contribution >= 0.6 is 0 Å². The largest absolute Gasteiger partial charge is 0.416 e. The van der Waals surface area contributed by atoms with Crippen molar-refractivity contribution in [3.05, 3.63) is 47.3 Å². The van der Waals surface area contributed by atoms with E-state index in [-0.39, 0.29) is 0 Å². The molecule has 0 spiro atoms. The number of hydrogen-bond donors (Lipinski definition) is 1. The molecule has 0 fully saturated rings. The van der Waals surface area contributed by atoms with Crippen LogP contribution in [0.2, 0.25) is 0 Å². The van der Waals surface area contributed by atoms with Crippen molar-refractivity contribution in [1.29, 1.82) is 0 Å². The Bertz CT molecular complexity index is 609. The molecule has 1 aromatic heterocycles. The molecule has 0 amide bonds. The maximum atomic E-state index is 12.7. The lowest BCUT2D eigenvalue weighted by Crippen LogP contribution is -2.07. The monoisotopic (exact) mass is 281 g/mol. The van der Waals surface area contributed by atoms with E-state index >= 15 is 0 Å². The van der Waals surface area contributed by atoms with Crippen LogP contribution in [-0.2, 0) is 12.6 Å². The Morgan fingerprint density at radius 1 is 1.15 bits per heavy atom. The van der Waals surface area contributed by atoms with E-state index in [2.05, 4.69) is 9.97 Å². The zero-order valence-electron chi connectivity index (χ0n) is 10.9. The number of nitrogens with zero attached hydrogens (tertiary/aromatic N) is 2. The Balaban J connectivity index is 2.46. The van der Waals surface area contributed by atoms with Crippen molar-refractivity contribution in [3.63, 3.8) is 0 Å². The predicted octanol–water partition coefficient (Wildman–Crippen LogP) is 2.97. The summed E-state index contributed by atoms with van der Waals surface area (Å²) in [5.74, 6) is 0.291. The third kappa shape index (κ3) is 3.33. The molecule has 0 saturated heterocycles. The Morgan fingerprint density at radius 3 is 2.55 bits per heavy atom. The Kier molecular flexibility index (Phi) is 4.04. The van der Waals surface area contributed by atoms with Gasteiger partial charge in [-0.2, -0.15) is 13.2 Å². The Labute approximate surface area is 114 Å². The van der Waals surface area contributed by atoms with Crippen molar-refractivity contribution in [2.45, 2.75) is 19.5 Å². The van der Waals surface area contributed by atoms with Crippen LogP contribution in [0.3, 0.4) is 0 Å². The van der Waals surface area contributed by atoms with Crippen molar-refractivity contribution in [2.75, 3.05) is 6.54 Å². The fourth-order valence-electron chi connectivity index (χ4n) is 1.87. The summed E-state index contributed by atoms with van der Waals surface area (Å²) in [5, 5.41) is 0. The molecule has 20 heavy (non-hydrogen) atoms. The fraction of sp³-hybridized carbons (Fsp3) is 0.286. The number of benzene rings is 1. The number of hydrogen-bond acceptors (Lipinski definition) is 3. The lowest BCUT2D eigenvalue weighted by Gasteiger charge is -2.09. The molecule has 1 heterocycles. The molecule has 1 aromatic carbocycles.